The predicted octanol–water partition coefficient (Wildman–Crippen LogP) is 3.09. The molecule has 1 amide bonds. The van der Waals surface area contributed by atoms with Gasteiger partial charge in [0.05, 0.1) is 22.4 Å². The van der Waals surface area contributed by atoms with E-state index in [-0.39, 0.29) is 5.91 Å². The van der Waals surface area contributed by atoms with Gasteiger partial charge < -0.3 is 15.5 Å². The van der Waals surface area contributed by atoms with E-state index in [2.05, 4.69) is 5.32 Å². The van der Waals surface area contributed by atoms with E-state index in [9.17, 15) is 4.79 Å². The van der Waals surface area contributed by atoms with E-state index in [1.165, 1.54) is 25.5 Å². The molecule has 0 spiro atoms. The molecule has 1 heterocycles. The highest BCUT2D eigenvalue weighted by molar-refractivity contribution is 7.80. The highest BCUT2D eigenvalue weighted by atomic mass is 32.1. The Hall–Kier alpha value is -1.36. The van der Waals surface area contributed by atoms with Crippen molar-refractivity contribution in [1.82, 2.24) is 5.32 Å². The molecule has 1 aliphatic carbocycles. The third-order valence-electron chi connectivity index (χ3n) is 4.14. The van der Waals surface area contributed by atoms with Crippen LogP contribution in [0.3, 0.4) is 0 Å². The SMILES string of the molecule is Cc1occc1C(=O)NC1(C(N)=S)CCCCCCC1. The molecule has 0 saturated heterocycles. The van der Waals surface area contributed by atoms with Gasteiger partial charge in [-0.15, -0.1) is 0 Å². The van der Waals surface area contributed by atoms with Crippen LogP contribution in [0.2, 0.25) is 0 Å². The predicted molar refractivity (Wildman–Crippen MR) is 82.7 cm³/mol. The maximum absolute atomic E-state index is 12.4. The van der Waals surface area contributed by atoms with E-state index in [4.69, 9.17) is 22.4 Å². The summed E-state index contributed by atoms with van der Waals surface area (Å²) in [5.41, 5.74) is 5.97. The average Bonchev–Trinajstić information content (AvgIpc) is 2.78. The Kier molecular flexibility index (Phi) is 4.81. The quantitative estimate of drug-likeness (QED) is 0.841. The number of furan rings is 1. The van der Waals surface area contributed by atoms with Crippen LogP contribution in [0.5, 0.6) is 0 Å². The van der Waals surface area contributed by atoms with Crippen molar-refractivity contribution in [2.24, 2.45) is 5.73 Å². The molecule has 2 rings (SSSR count). The second-order valence-electron chi connectivity index (χ2n) is 5.56. The van der Waals surface area contributed by atoms with Crippen LogP contribution in [0.25, 0.3) is 0 Å². The summed E-state index contributed by atoms with van der Waals surface area (Å²) in [6.45, 7) is 1.78. The van der Waals surface area contributed by atoms with Crippen LogP contribution in [0.15, 0.2) is 16.7 Å². The topological polar surface area (TPSA) is 68.3 Å². The molecule has 4 nitrogen and oxygen atoms in total. The Morgan fingerprint density at radius 3 is 2.40 bits per heavy atom. The summed E-state index contributed by atoms with van der Waals surface area (Å²) in [5, 5.41) is 3.08. The van der Waals surface area contributed by atoms with E-state index in [1.807, 2.05) is 0 Å². The van der Waals surface area contributed by atoms with Crippen molar-refractivity contribution < 1.29 is 9.21 Å². The van der Waals surface area contributed by atoms with Gasteiger partial charge in [0.25, 0.3) is 5.91 Å². The minimum atomic E-state index is -0.545. The number of aryl methyl sites for hydroxylation is 1. The largest absolute Gasteiger partial charge is 0.469 e. The van der Waals surface area contributed by atoms with Gasteiger partial charge in [0.15, 0.2) is 0 Å². The van der Waals surface area contributed by atoms with Crippen LogP contribution in [0.1, 0.15) is 61.1 Å². The molecule has 0 aliphatic heterocycles. The van der Waals surface area contributed by atoms with Gasteiger partial charge in [-0.3, -0.25) is 4.79 Å². The van der Waals surface area contributed by atoms with E-state index in [0.29, 0.717) is 16.3 Å². The third kappa shape index (κ3) is 3.20. The molecule has 0 atom stereocenters. The van der Waals surface area contributed by atoms with Gasteiger partial charge in [-0.05, 0) is 25.8 Å². The standard InChI is InChI=1S/C15H22N2O2S/c1-11-12(7-10-19-11)13(18)17-15(14(16)20)8-5-3-2-4-6-9-15/h7,10H,2-6,8-9H2,1H3,(H2,16,20)(H,17,18). The number of hydrogen-bond donors (Lipinski definition) is 2. The van der Waals surface area contributed by atoms with Crippen molar-refractivity contribution in [1.29, 1.82) is 0 Å². The molecular formula is C15H22N2O2S. The maximum atomic E-state index is 12.4. The number of rotatable bonds is 3. The molecule has 3 N–H and O–H groups in total. The van der Waals surface area contributed by atoms with Crippen LogP contribution in [-0.4, -0.2) is 16.4 Å². The van der Waals surface area contributed by atoms with Gasteiger partial charge in [-0.2, -0.15) is 0 Å². The van der Waals surface area contributed by atoms with Crippen molar-refractivity contribution >= 4 is 23.1 Å². The molecule has 1 aromatic rings. The summed E-state index contributed by atoms with van der Waals surface area (Å²) in [6, 6.07) is 1.68. The number of thiocarbonyl (C=S) groups is 1. The van der Waals surface area contributed by atoms with Crippen LogP contribution in [0, 0.1) is 6.92 Å². The minimum absolute atomic E-state index is 0.148. The molecule has 5 heteroatoms. The highest BCUT2D eigenvalue weighted by Crippen LogP contribution is 2.27. The summed E-state index contributed by atoms with van der Waals surface area (Å²) in [7, 11) is 0. The Labute approximate surface area is 125 Å². The van der Waals surface area contributed by atoms with Gasteiger partial charge >= 0.3 is 0 Å². The summed E-state index contributed by atoms with van der Waals surface area (Å²) in [4.78, 5) is 12.8. The first-order valence-corrected chi connectivity index (χ1v) is 7.62. The first-order chi connectivity index (χ1) is 9.55. The summed E-state index contributed by atoms with van der Waals surface area (Å²) in [6.07, 6.45) is 8.86. The number of carbonyl (C=O) groups is 1. The van der Waals surface area contributed by atoms with E-state index >= 15 is 0 Å². The van der Waals surface area contributed by atoms with Crippen molar-refractivity contribution in [2.45, 2.75) is 57.4 Å². The first kappa shape index (κ1) is 15.0. The lowest BCUT2D eigenvalue weighted by molar-refractivity contribution is 0.0911. The lowest BCUT2D eigenvalue weighted by atomic mass is 9.83. The van der Waals surface area contributed by atoms with Crippen molar-refractivity contribution in [2.75, 3.05) is 0 Å². The summed E-state index contributed by atoms with van der Waals surface area (Å²) in [5.74, 6) is 0.469. The van der Waals surface area contributed by atoms with E-state index in [1.54, 1.807) is 13.0 Å². The van der Waals surface area contributed by atoms with E-state index < -0.39 is 5.54 Å². The summed E-state index contributed by atoms with van der Waals surface area (Å²) < 4.78 is 5.19. The molecule has 1 saturated carbocycles. The van der Waals surface area contributed by atoms with Crippen molar-refractivity contribution in [3.8, 4) is 0 Å². The van der Waals surface area contributed by atoms with Gasteiger partial charge in [-0.1, -0.05) is 44.3 Å². The first-order valence-electron chi connectivity index (χ1n) is 7.22. The molecule has 0 radical (unpaired) electrons. The van der Waals surface area contributed by atoms with Crippen LogP contribution in [0.4, 0.5) is 0 Å². The van der Waals surface area contributed by atoms with Crippen LogP contribution >= 0.6 is 12.2 Å². The zero-order valence-corrected chi connectivity index (χ0v) is 12.7. The van der Waals surface area contributed by atoms with Crippen LogP contribution in [-0.2, 0) is 0 Å². The Morgan fingerprint density at radius 2 is 1.90 bits per heavy atom. The van der Waals surface area contributed by atoms with E-state index in [0.717, 1.165) is 25.7 Å². The number of amides is 1. The minimum Gasteiger partial charge on any atom is -0.469 e. The Bertz CT molecular complexity index is 488. The number of carbonyl (C=O) groups excluding carboxylic acids is 1. The fraction of sp³-hybridized carbons (Fsp3) is 0.600. The second kappa shape index (κ2) is 6.39. The van der Waals surface area contributed by atoms with Gasteiger partial charge in [-0.25, -0.2) is 0 Å². The molecule has 1 aromatic heterocycles. The Balaban J connectivity index is 2.17. The second-order valence-corrected chi connectivity index (χ2v) is 6.00. The van der Waals surface area contributed by atoms with Gasteiger partial charge in [0, 0.05) is 0 Å². The number of nitrogens with two attached hydrogens (primary N) is 1. The lowest BCUT2D eigenvalue weighted by Crippen LogP contribution is -2.57. The van der Waals surface area contributed by atoms with Crippen molar-refractivity contribution in [3.63, 3.8) is 0 Å². The molecule has 0 bridgehead atoms. The van der Waals surface area contributed by atoms with Crippen LogP contribution < -0.4 is 11.1 Å². The fourth-order valence-electron chi connectivity index (χ4n) is 2.85. The zero-order chi connectivity index (χ0) is 14.6. The van der Waals surface area contributed by atoms with Crippen molar-refractivity contribution in [3.05, 3.63) is 23.7 Å². The maximum Gasteiger partial charge on any atom is 0.255 e. The normalized spacial score (nSPS) is 18.9. The number of hydrogen-bond acceptors (Lipinski definition) is 3. The Morgan fingerprint density at radius 1 is 1.30 bits per heavy atom. The molecule has 1 aliphatic rings. The smallest absolute Gasteiger partial charge is 0.255 e. The third-order valence-corrected chi connectivity index (χ3v) is 4.53. The lowest BCUT2D eigenvalue weighted by Gasteiger charge is -2.35. The molecule has 0 aromatic carbocycles. The summed E-state index contributed by atoms with van der Waals surface area (Å²) >= 11 is 5.25. The van der Waals surface area contributed by atoms with Gasteiger partial charge in [0.2, 0.25) is 0 Å². The molecule has 110 valence electrons. The molecule has 0 unspecified atom stereocenters. The van der Waals surface area contributed by atoms with Gasteiger partial charge in [0.1, 0.15) is 5.76 Å². The molecule has 20 heavy (non-hydrogen) atoms. The zero-order valence-electron chi connectivity index (χ0n) is 11.9. The average molecular weight is 294 g/mol. The number of nitrogens with one attached hydrogen (secondary N) is 1. The molecule has 1 fully saturated rings. The molecular weight excluding hydrogens is 272 g/mol. The highest BCUT2D eigenvalue weighted by Gasteiger charge is 2.35. The fourth-order valence-corrected chi connectivity index (χ4v) is 3.10. The monoisotopic (exact) mass is 294 g/mol.